The topological polar surface area (TPSA) is 51.5 Å². The Hall–Kier alpha value is -3.79. The van der Waals surface area contributed by atoms with Crippen LogP contribution in [0.15, 0.2) is 78.6 Å². The van der Waals surface area contributed by atoms with E-state index in [1.807, 2.05) is 55.6 Å². The maximum Gasteiger partial charge on any atom is 0.235 e. The highest BCUT2D eigenvalue weighted by atomic mass is 16.5. The van der Waals surface area contributed by atoms with Gasteiger partial charge < -0.3 is 14.4 Å². The summed E-state index contributed by atoms with van der Waals surface area (Å²) in [6.45, 7) is 0. The molecule has 136 valence electrons. The third-order valence-corrected chi connectivity index (χ3v) is 5.14. The molecule has 0 saturated heterocycles. The van der Waals surface area contributed by atoms with Crippen LogP contribution < -0.4 is 4.74 Å². The van der Waals surface area contributed by atoms with Crippen LogP contribution in [0.1, 0.15) is 15.9 Å². The van der Waals surface area contributed by atoms with E-state index >= 15 is 0 Å². The quantitative estimate of drug-likeness (QED) is 0.498. The Bertz CT molecular complexity index is 1270. The molecule has 1 N–H and O–H groups in total. The summed E-state index contributed by atoms with van der Waals surface area (Å²) in [7, 11) is 2.02. The first-order chi connectivity index (χ1) is 13.6. The van der Waals surface area contributed by atoms with Gasteiger partial charge in [-0.25, -0.2) is 0 Å². The molecule has 0 spiro atoms. The van der Waals surface area contributed by atoms with Crippen LogP contribution in [-0.2, 0) is 7.05 Å². The van der Waals surface area contributed by atoms with Crippen molar-refractivity contribution in [2.24, 2.45) is 7.05 Å². The predicted molar refractivity (Wildman–Crippen MR) is 109 cm³/mol. The third kappa shape index (κ3) is 2.35. The highest BCUT2D eigenvalue weighted by Crippen LogP contribution is 2.40. The van der Waals surface area contributed by atoms with Gasteiger partial charge in [-0.1, -0.05) is 54.6 Å². The molecule has 0 bridgehead atoms. The normalized spacial score (nSPS) is 14.5. The number of benzene rings is 3. The van der Waals surface area contributed by atoms with Crippen molar-refractivity contribution < 1.29 is 14.6 Å². The number of phenols is 1. The molecular weight excluding hydrogens is 350 g/mol. The second-order valence-corrected chi connectivity index (χ2v) is 6.79. The summed E-state index contributed by atoms with van der Waals surface area (Å²) in [4.78, 5) is 12.9. The van der Waals surface area contributed by atoms with Crippen LogP contribution in [0.3, 0.4) is 0 Å². The molecule has 0 atom stereocenters. The molecule has 4 aromatic rings. The van der Waals surface area contributed by atoms with Crippen LogP contribution in [0.5, 0.6) is 11.5 Å². The van der Waals surface area contributed by atoms with E-state index < -0.39 is 0 Å². The lowest BCUT2D eigenvalue weighted by Crippen LogP contribution is -1.99. The van der Waals surface area contributed by atoms with Crippen molar-refractivity contribution in [3.8, 4) is 22.8 Å². The van der Waals surface area contributed by atoms with Crippen molar-refractivity contribution in [1.82, 2.24) is 4.57 Å². The first kappa shape index (κ1) is 16.4. The van der Waals surface area contributed by atoms with Gasteiger partial charge in [-0.3, -0.25) is 4.79 Å². The predicted octanol–water partition coefficient (Wildman–Crippen LogP) is 5.17. The molecule has 4 heteroatoms. The van der Waals surface area contributed by atoms with Crippen molar-refractivity contribution in [2.75, 3.05) is 0 Å². The minimum Gasteiger partial charge on any atom is -0.507 e. The second-order valence-electron chi connectivity index (χ2n) is 6.79. The highest BCUT2D eigenvalue weighted by molar-refractivity contribution is 6.17. The van der Waals surface area contributed by atoms with Gasteiger partial charge in [0.25, 0.3) is 0 Å². The molecule has 3 aromatic carbocycles. The fraction of sp³-hybridized carbons (Fsp3) is 0.0417. The van der Waals surface area contributed by atoms with Gasteiger partial charge in [-0.05, 0) is 29.8 Å². The number of aromatic nitrogens is 1. The molecule has 1 aliphatic rings. The summed E-state index contributed by atoms with van der Waals surface area (Å²) in [6, 6.07) is 23.0. The molecule has 5 rings (SSSR count). The van der Waals surface area contributed by atoms with Crippen molar-refractivity contribution in [3.63, 3.8) is 0 Å². The molecule has 0 amide bonds. The van der Waals surface area contributed by atoms with Crippen LogP contribution in [0.4, 0.5) is 0 Å². The minimum atomic E-state index is -0.306. The fourth-order valence-corrected chi connectivity index (χ4v) is 3.86. The van der Waals surface area contributed by atoms with Crippen LogP contribution >= 0.6 is 0 Å². The summed E-state index contributed by atoms with van der Waals surface area (Å²) in [6.07, 6.45) is 1.78. The third-order valence-electron chi connectivity index (χ3n) is 5.14. The Kier molecular flexibility index (Phi) is 3.59. The van der Waals surface area contributed by atoms with Crippen LogP contribution in [-0.4, -0.2) is 15.5 Å². The molecule has 0 fully saturated rings. The monoisotopic (exact) mass is 367 g/mol. The van der Waals surface area contributed by atoms with E-state index in [1.54, 1.807) is 18.2 Å². The molecule has 0 saturated carbocycles. The number of aromatic hydroxyl groups is 1. The molecule has 1 aromatic heterocycles. The summed E-state index contributed by atoms with van der Waals surface area (Å²) < 4.78 is 7.92. The largest absolute Gasteiger partial charge is 0.507 e. The van der Waals surface area contributed by atoms with Gasteiger partial charge in [0.2, 0.25) is 5.78 Å². The zero-order chi connectivity index (χ0) is 19.3. The Balaban J connectivity index is 1.76. The van der Waals surface area contributed by atoms with Crippen LogP contribution in [0.2, 0.25) is 0 Å². The lowest BCUT2D eigenvalue weighted by Gasteiger charge is -2.07. The number of hydrogen-bond acceptors (Lipinski definition) is 3. The van der Waals surface area contributed by atoms with E-state index in [2.05, 4.69) is 10.6 Å². The summed E-state index contributed by atoms with van der Waals surface area (Å²) in [5.41, 5.74) is 4.26. The standard InChI is InChI=1S/C24H17NO3/c1-25-18-11-6-5-10-16(18)17(23(25)15-8-3-2-4-9-15)14-21-24(27)22-19(26)12-7-13-20(22)28-21/h2-14,26H,1H3. The number of rotatable bonds is 2. The molecule has 4 nitrogen and oxygen atoms in total. The number of carbonyl (C=O) groups is 1. The van der Waals surface area contributed by atoms with Crippen LogP contribution in [0, 0.1) is 0 Å². The summed E-state index contributed by atoms with van der Waals surface area (Å²) in [5.74, 6) is 0.231. The van der Waals surface area contributed by atoms with E-state index in [1.165, 1.54) is 6.07 Å². The molecular formula is C24H17NO3. The number of phenolic OH excluding ortho intramolecular Hbond substituents is 1. The number of ether oxygens (including phenoxy) is 1. The maximum atomic E-state index is 12.9. The smallest absolute Gasteiger partial charge is 0.235 e. The number of ketones is 1. The number of hydrogen-bond donors (Lipinski definition) is 1. The van der Waals surface area contributed by atoms with Gasteiger partial charge in [0.05, 0.1) is 5.69 Å². The first-order valence-corrected chi connectivity index (χ1v) is 9.04. The number of allylic oxidation sites excluding steroid dienone is 1. The van der Waals surface area contributed by atoms with Crippen molar-refractivity contribution in [3.05, 3.63) is 89.7 Å². The van der Waals surface area contributed by atoms with Crippen molar-refractivity contribution in [1.29, 1.82) is 0 Å². The number of Topliss-reactive ketones (excluding diaryl/α,β-unsaturated/α-hetero) is 1. The molecule has 28 heavy (non-hydrogen) atoms. The zero-order valence-electron chi connectivity index (χ0n) is 15.2. The Morgan fingerprint density at radius 3 is 2.46 bits per heavy atom. The minimum absolute atomic E-state index is 0.0629. The van der Waals surface area contributed by atoms with Crippen molar-refractivity contribution in [2.45, 2.75) is 0 Å². The van der Waals surface area contributed by atoms with Gasteiger partial charge >= 0.3 is 0 Å². The lowest BCUT2D eigenvalue weighted by molar-refractivity contribution is 0.101. The van der Waals surface area contributed by atoms with Gasteiger partial charge in [0.1, 0.15) is 17.1 Å². The van der Waals surface area contributed by atoms with Gasteiger partial charge in [0, 0.05) is 23.5 Å². The maximum absolute atomic E-state index is 12.9. The molecule has 0 aliphatic carbocycles. The summed E-state index contributed by atoms with van der Waals surface area (Å²) >= 11 is 0. The summed E-state index contributed by atoms with van der Waals surface area (Å²) in [5, 5.41) is 11.1. The van der Waals surface area contributed by atoms with Gasteiger partial charge in [-0.2, -0.15) is 0 Å². The van der Waals surface area contributed by atoms with Gasteiger partial charge in [0.15, 0.2) is 5.76 Å². The Morgan fingerprint density at radius 1 is 0.929 bits per heavy atom. The molecule has 1 aliphatic heterocycles. The number of aryl methyl sites for hydroxylation is 1. The van der Waals surface area contributed by atoms with E-state index in [-0.39, 0.29) is 22.9 Å². The lowest BCUT2D eigenvalue weighted by atomic mass is 10.0. The first-order valence-electron chi connectivity index (χ1n) is 9.04. The van der Waals surface area contributed by atoms with Crippen molar-refractivity contribution >= 4 is 22.8 Å². The number of nitrogens with zero attached hydrogens (tertiary/aromatic N) is 1. The van der Waals surface area contributed by atoms with Gasteiger partial charge in [-0.15, -0.1) is 0 Å². The average Bonchev–Trinajstić information content (AvgIpc) is 3.19. The number of para-hydroxylation sites is 1. The Labute approximate surface area is 161 Å². The molecule has 0 radical (unpaired) electrons. The highest BCUT2D eigenvalue weighted by Gasteiger charge is 2.31. The zero-order valence-corrected chi connectivity index (χ0v) is 15.2. The average molecular weight is 367 g/mol. The van der Waals surface area contributed by atoms with E-state index in [0.29, 0.717) is 5.75 Å². The molecule has 2 heterocycles. The van der Waals surface area contributed by atoms with E-state index in [0.717, 1.165) is 27.7 Å². The molecule has 0 unspecified atom stereocenters. The second kappa shape index (κ2) is 6.13. The van der Waals surface area contributed by atoms with Crippen LogP contribution in [0.25, 0.3) is 28.2 Å². The fourth-order valence-electron chi connectivity index (χ4n) is 3.86. The van der Waals surface area contributed by atoms with E-state index in [9.17, 15) is 9.90 Å². The van der Waals surface area contributed by atoms with E-state index in [4.69, 9.17) is 4.74 Å². The SMILES string of the molecule is Cn1c(-c2ccccc2)c(C=C2Oc3cccc(O)c3C2=O)c2ccccc21. The number of fused-ring (bicyclic) bond motifs is 2. The number of carbonyl (C=O) groups excluding carboxylic acids is 1. The Morgan fingerprint density at radius 2 is 1.68 bits per heavy atom.